The third-order valence-corrected chi connectivity index (χ3v) is 5.37. The van der Waals surface area contributed by atoms with Gasteiger partial charge in [-0.05, 0) is 37.2 Å². The molecule has 1 unspecified atom stereocenters. The van der Waals surface area contributed by atoms with Gasteiger partial charge in [0.25, 0.3) is 5.91 Å². The third kappa shape index (κ3) is 2.70. The smallest absolute Gasteiger partial charge is 0.271 e. The molecule has 1 spiro atoms. The summed E-state index contributed by atoms with van der Waals surface area (Å²) in [7, 11) is 0. The molecule has 1 amide bonds. The number of hydrogen-bond donors (Lipinski definition) is 1. The van der Waals surface area contributed by atoms with Crippen molar-refractivity contribution >= 4 is 11.9 Å². The minimum absolute atomic E-state index is 0.124. The Morgan fingerprint density at radius 3 is 2.50 bits per heavy atom. The number of carbonyl (C=O) groups excluding carboxylic acids is 1. The van der Waals surface area contributed by atoms with Gasteiger partial charge >= 0.3 is 0 Å². The van der Waals surface area contributed by atoms with E-state index in [0.717, 1.165) is 38.3 Å². The van der Waals surface area contributed by atoms with Crippen molar-refractivity contribution in [1.82, 2.24) is 25.3 Å². The normalized spacial score (nSPS) is 22.0. The molecule has 1 saturated heterocycles. The van der Waals surface area contributed by atoms with E-state index in [1.165, 1.54) is 12.6 Å². The number of nitrogens with zero attached hydrogens (tertiary/aromatic N) is 5. The van der Waals surface area contributed by atoms with E-state index in [2.05, 4.69) is 30.2 Å². The molecule has 2 aliphatic rings. The summed E-state index contributed by atoms with van der Waals surface area (Å²) in [6, 6.07) is 2.06. The van der Waals surface area contributed by atoms with Crippen LogP contribution >= 0.6 is 0 Å². The second-order valence-electron chi connectivity index (χ2n) is 6.55. The largest absolute Gasteiger partial charge is 0.347 e. The lowest BCUT2D eigenvalue weighted by Crippen LogP contribution is -2.59. The van der Waals surface area contributed by atoms with E-state index >= 15 is 0 Å². The minimum Gasteiger partial charge on any atom is -0.347 e. The summed E-state index contributed by atoms with van der Waals surface area (Å²) in [6.07, 6.45) is 12.5. The van der Waals surface area contributed by atoms with E-state index in [4.69, 9.17) is 0 Å². The van der Waals surface area contributed by atoms with Crippen molar-refractivity contribution in [2.75, 3.05) is 18.0 Å². The van der Waals surface area contributed by atoms with Crippen molar-refractivity contribution in [3.63, 3.8) is 0 Å². The van der Waals surface area contributed by atoms with Crippen LogP contribution in [-0.4, -0.2) is 45.0 Å². The van der Waals surface area contributed by atoms with Gasteiger partial charge in [0, 0.05) is 43.9 Å². The highest BCUT2D eigenvalue weighted by molar-refractivity contribution is 5.92. The second-order valence-corrected chi connectivity index (χ2v) is 6.55. The number of nitrogens with one attached hydrogen (secondary N) is 1. The van der Waals surface area contributed by atoms with E-state index < -0.39 is 0 Å². The highest BCUT2D eigenvalue weighted by atomic mass is 16.2. The van der Waals surface area contributed by atoms with Gasteiger partial charge in [-0.2, -0.15) is 0 Å². The Bertz CT molecular complexity index is 700. The minimum atomic E-state index is -0.124. The number of carbonyl (C=O) groups is 1. The molecule has 1 atom stereocenters. The number of amides is 1. The molecule has 0 bridgehead atoms. The lowest BCUT2D eigenvalue weighted by molar-refractivity contribution is 0.0332. The van der Waals surface area contributed by atoms with Crippen LogP contribution in [0.3, 0.4) is 0 Å². The number of anilines is 1. The fourth-order valence-electron chi connectivity index (χ4n) is 3.78. The zero-order valence-electron chi connectivity index (χ0n) is 13.4. The molecule has 1 N–H and O–H groups in total. The van der Waals surface area contributed by atoms with Crippen LogP contribution in [0.1, 0.15) is 36.2 Å². The predicted octanol–water partition coefficient (Wildman–Crippen LogP) is 1.45. The fourth-order valence-corrected chi connectivity index (χ4v) is 3.78. The highest BCUT2D eigenvalue weighted by Gasteiger charge is 2.49. The van der Waals surface area contributed by atoms with E-state index in [1.54, 1.807) is 24.8 Å². The van der Waals surface area contributed by atoms with Gasteiger partial charge in [-0.15, -0.1) is 0 Å². The Labute approximate surface area is 140 Å². The van der Waals surface area contributed by atoms with Crippen LogP contribution in [0.15, 0.2) is 37.1 Å². The molecule has 2 aromatic heterocycles. The molecule has 1 saturated carbocycles. The van der Waals surface area contributed by atoms with Gasteiger partial charge in [0.05, 0.1) is 6.20 Å². The SMILES string of the molecule is O=C(NC1CCC12CCN(c1ncccn1)CC2)c1cnccn1. The van der Waals surface area contributed by atoms with E-state index in [-0.39, 0.29) is 17.4 Å². The number of aromatic nitrogens is 4. The van der Waals surface area contributed by atoms with Crippen LogP contribution in [0, 0.1) is 5.41 Å². The summed E-state index contributed by atoms with van der Waals surface area (Å²) in [6.45, 7) is 1.86. The maximum Gasteiger partial charge on any atom is 0.271 e. The zero-order chi connectivity index (χ0) is 16.4. The predicted molar refractivity (Wildman–Crippen MR) is 88.4 cm³/mol. The number of hydrogen-bond acceptors (Lipinski definition) is 6. The summed E-state index contributed by atoms with van der Waals surface area (Å²) < 4.78 is 0. The van der Waals surface area contributed by atoms with Crippen LogP contribution in [0.25, 0.3) is 0 Å². The molecule has 7 heteroatoms. The second kappa shape index (κ2) is 6.14. The van der Waals surface area contributed by atoms with Crippen molar-refractivity contribution in [2.24, 2.45) is 5.41 Å². The summed E-state index contributed by atoms with van der Waals surface area (Å²) in [4.78, 5) is 31.2. The molecule has 4 rings (SSSR count). The van der Waals surface area contributed by atoms with E-state index in [1.807, 2.05) is 6.07 Å². The third-order valence-electron chi connectivity index (χ3n) is 5.37. The van der Waals surface area contributed by atoms with Crippen molar-refractivity contribution < 1.29 is 4.79 Å². The average molecular weight is 324 g/mol. The van der Waals surface area contributed by atoms with Crippen molar-refractivity contribution in [3.8, 4) is 0 Å². The van der Waals surface area contributed by atoms with Gasteiger partial charge < -0.3 is 10.2 Å². The molecule has 2 fully saturated rings. The first-order valence-corrected chi connectivity index (χ1v) is 8.36. The quantitative estimate of drug-likeness (QED) is 0.920. The first-order chi connectivity index (χ1) is 11.8. The lowest BCUT2D eigenvalue weighted by atomic mass is 9.59. The maximum absolute atomic E-state index is 12.3. The summed E-state index contributed by atoms with van der Waals surface area (Å²) >= 11 is 0. The Morgan fingerprint density at radius 1 is 1.08 bits per heavy atom. The van der Waals surface area contributed by atoms with Crippen LogP contribution in [0.4, 0.5) is 5.95 Å². The first kappa shape index (κ1) is 15.0. The van der Waals surface area contributed by atoms with Gasteiger partial charge in [0.15, 0.2) is 0 Å². The van der Waals surface area contributed by atoms with E-state index in [9.17, 15) is 4.79 Å². The molecule has 24 heavy (non-hydrogen) atoms. The summed E-state index contributed by atoms with van der Waals surface area (Å²) in [5, 5.41) is 3.16. The Hall–Kier alpha value is -2.57. The van der Waals surface area contributed by atoms with Gasteiger partial charge in [0.1, 0.15) is 5.69 Å². The number of rotatable bonds is 3. The summed E-state index contributed by atoms with van der Waals surface area (Å²) in [5.41, 5.74) is 0.595. The number of piperidine rings is 1. The highest BCUT2D eigenvalue weighted by Crippen LogP contribution is 2.49. The first-order valence-electron chi connectivity index (χ1n) is 8.36. The molecule has 3 heterocycles. The van der Waals surface area contributed by atoms with Crippen LogP contribution in [0.5, 0.6) is 0 Å². The monoisotopic (exact) mass is 324 g/mol. The molecule has 0 aromatic carbocycles. The standard InChI is InChI=1S/C17H20N6O/c24-15(13-12-18-8-9-19-13)22-14-2-3-17(14)4-10-23(11-5-17)16-20-6-1-7-21-16/h1,6-9,12,14H,2-5,10-11H2,(H,22,24). The van der Waals surface area contributed by atoms with Gasteiger partial charge in [-0.25, -0.2) is 15.0 Å². The topological polar surface area (TPSA) is 83.9 Å². The molecule has 0 radical (unpaired) electrons. The molecular weight excluding hydrogens is 304 g/mol. The molecule has 7 nitrogen and oxygen atoms in total. The lowest BCUT2D eigenvalue weighted by Gasteiger charge is -2.54. The van der Waals surface area contributed by atoms with Crippen molar-refractivity contribution in [1.29, 1.82) is 0 Å². The average Bonchev–Trinajstić information content (AvgIpc) is 2.66. The van der Waals surface area contributed by atoms with Crippen molar-refractivity contribution in [3.05, 3.63) is 42.7 Å². The zero-order valence-corrected chi connectivity index (χ0v) is 13.4. The van der Waals surface area contributed by atoms with Gasteiger partial charge in [-0.1, -0.05) is 0 Å². The Balaban J connectivity index is 1.38. The van der Waals surface area contributed by atoms with Crippen LogP contribution in [0.2, 0.25) is 0 Å². The molecule has 1 aliphatic heterocycles. The summed E-state index contributed by atoms with van der Waals surface area (Å²) in [5.74, 6) is 0.674. The fraction of sp³-hybridized carbons (Fsp3) is 0.471. The molecule has 2 aromatic rings. The van der Waals surface area contributed by atoms with Crippen LogP contribution < -0.4 is 10.2 Å². The van der Waals surface area contributed by atoms with Crippen molar-refractivity contribution in [2.45, 2.75) is 31.7 Å². The van der Waals surface area contributed by atoms with Gasteiger partial charge in [-0.3, -0.25) is 9.78 Å². The Kier molecular flexibility index (Phi) is 3.84. The Morgan fingerprint density at radius 2 is 1.88 bits per heavy atom. The van der Waals surface area contributed by atoms with Gasteiger partial charge in [0.2, 0.25) is 5.95 Å². The van der Waals surface area contributed by atoms with Crippen LogP contribution in [-0.2, 0) is 0 Å². The molecule has 1 aliphatic carbocycles. The maximum atomic E-state index is 12.3. The molecular formula is C17H20N6O. The van der Waals surface area contributed by atoms with E-state index in [0.29, 0.717) is 5.69 Å². The molecule has 124 valence electrons.